The number of hydrogen-bond acceptors (Lipinski definition) is 3. The van der Waals surface area contributed by atoms with Gasteiger partial charge in [0.05, 0.1) is 0 Å². The van der Waals surface area contributed by atoms with Gasteiger partial charge in [-0.05, 0) is 36.1 Å². The topological polar surface area (TPSA) is 30.5 Å². The fraction of sp³-hybridized carbons (Fsp3) is 0.333. The van der Waals surface area contributed by atoms with E-state index in [0.29, 0.717) is 18.8 Å². The molecule has 0 aromatic heterocycles. The van der Waals surface area contributed by atoms with E-state index in [1.807, 2.05) is 12.1 Å². The Bertz CT molecular complexity index is 597. The van der Waals surface area contributed by atoms with Crippen molar-refractivity contribution in [2.45, 2.75) is 32.4 Å². The lowest BCUT2D eigenvalue weighted by Crippen LogP contribution is -2.30. The van der Waals surface area contributed by atoms with E-state index in [-0.39, 0.29) is 0 Å². The van der Waals surface area contributed by atoms with Crippen LogP contribution in [0.25, 0.3) is 0 Å². The van der Waals surface area contributed by atoms with E-state index in [4.69, 9.17) is 9.47 Å². The molecule has 0 saturated carbocycles. The molecule has 2 aromatic carbocycles. The molecule has 0 aliphatic carbocycles. The molecule has 1 heterocycles. The molecule has 0 radical (unpaired) electrons. The van der Waals surface area contributed by atoms with Crippen LogP contribution in [0.1, 0.15) is 30.9 Å². The van der Waals surface area contributed by atoms with Gasteiger partial charge in [-0.3, -0.25) is 0 Å². The molecule has 0 spiro atoms. The summed E-state index contributed by atoms with van der Waals surface area (Å²) in [6, 6.07) is 17.1. The molecule has 2 unspecified atom stereocenters. The van der Waals surface area contributed by atoms with E-state index < -0.39 is 0 Å². The Morgan fingerprint density at radius 2 is 1.76 bits per heavy atom. The van der Waals surface area contributed by atoms with Crippen molar-refractivity contribution in [3.05, 3.63) is 59.7 Å². The molecule has 2 aromatic rings. The molecule has 1 aliphatic rings. The second kappa shape index (κ2) is 6.19. The minimum atomic E-state index is 0.328. The van der Waals surface area contributed by atoms with Gasteiger partial charge in [-0.1, -0.05) is 43.3 Å². The largest absolute Gasteiger partial charge is 0.454 e. The Labute approximate surface area is 125 Å². The third kappa shape index (κ3) is 3.19. The highest BCUT2D eigenvalue weighted by molar-refractivity contribution is 5.45. The van der Waals surface area contributed by atoms with Crippen LogP contribution in [0.15, 0.2) is 48.5 Å². The van der Waals surface area contributed by atoms with Crippen LogP contribution in [-0.2, 0) is 6.54 Å². The monoisotopic (exact) mass is 283 g/mol. The first kappa shape index (κ1) is 14.0. The Hall–Kier alpha value is -2.00. The summed E-state index contributed by atoms with van der Waals surface area (Å²) in [5.41, 5.74) is 2.58. The highest BCUT2D eigenvalue weighted by Crippen LogP contribution is 2.35. The maximum Gasteiger partial charge on any atom is 0.231 e. The summed E-state index contributed by atoms with van der Waals surface area (Å²) in [7, 11) is 0. The zero-order valence-electron chi connectivity index (χ0n) is 12.5. The summed E-state index contributed by atoms with van der Waals surface area (Å²) in [6.07, 6.45) is 0. The lowest BCUT2D eigenvalue weighted by atomic mass is 9.94. The van der Waals surface area contributed by atoms with Crippen molar-refractivity contribution < 1.29 is 9.47 Å². The molecular formula is C18H21NO2. The van der Waals surface area contributed by atoms with Crippen molar-refractivity contribution in [2.24, 2.45) is 0 Å². The molecule has 3 nitrogen and oxygen atoms in total. The molecule has 0 bridgehead atoms. The summed E-state index contributed by atoms with van der Waals surface area (Å²) in [5, 5.41) is 3.59. The van der Waals surface area contributed by atoms with Crippen molar-refractivity contribution in [1.29, 1.82) is 0 Å². The van der Waals surface area contributed by atoms with Crippen LogP contribution < -0.4 is 14.8 Å². The predicted molar refractivity (Wildman–Crippen MR) is 83.7 cm³/mol. The van der Waals surface area contributed by atoms with Crippen LogP contribution >= 0.6 is 0 Å². The van der Waals surface area contributed by atoms with Crippen LogP contribution in [0.3, 0.4) is 0 Å². The first-order valence-corrected chi connectivity index (χ1v) is 7.41. The van der Waals surface area contributed by atoms with Crippen LogP contribution in [0, 0.1) is 0 Å². The quantitative estimate of drug-likeness (QED) is 0.907. The fourth-order valence-electron chi connectivity index (χ4n) is 2.54. The number of nitrogens with one attached hydrogen (secondary N) is 1. The van der Waals surface area contributed by atoms with Gasteiger partial charge in [0.1, 0.15) is 0 Å². The van der Waals surface area contributed by atoms with E-state index in [2.05, 4.69) is 55.6 Å². The van der Waals surface area contributed by atoms with Crippen molar-refractivity contribution in [1.82, 2.24) is 5.32 Å². The third-order valence-corrected chi connectivity index (χ3v) is 4.14. The maximum atomic E-state index is 5.46. The average molecular weight is 283 g/mol. The number of ether oxygens (including phenoxy) is 2. The SMILES string of the molecule is CC(NCc1ccccc1)C(C)c1ccc2c(c1)OCO2. The first-order chi connectivity index (χ1) is 10.2. The number of rotatable bonds is 5. The van der Waals surface area contributed by atoms with Crippen molar-refractivity contribution in [3.8, 4) is 11.5 Å². The molecule has 0 amide bonds. The predicted octanol–water partition coefficient (Wildman–Crippen LogP) is 3.70. The van der Waals surface area contributed by atoms with Crippen LogP contribution in [0.2, 0.25) is 0 Å². The van der Waals surface area contributed by atoms with Gasteiger partial charge in [-0.15, -0.1) is 0 Å². The van der Waals surface area contributed by atoms with Gasteiger partial charge in [0.25, 0.3) is 0 Å². The molecule has 3 rings (SSSR count). The molecule has 0 fully saturated rings. The normalized spacial score (nSPS) is 15.7. The van der Waals surface area contributed by atoms with E-state index in [1.165, 1.54) is 11.1 Å². The zero-order chi connectivity index (χ0) is 14.7. The highest BCUT2D eigenvalue weighted by Gasteiger charge is 2.18. The second-order valence-electron chi connectivity index (χ2n) is 5.56. The second-order valence-corrected chi connectivity index (χ2v) is 5.56. The molecular weight excluding hydrogens is 262 g/mol. The molecule has 110 valence electrons. The number of hydrogen-bond donors (Lipinski definition) is 1. The zero-order valence-corrected chi connectivity index (χ0v) is 12.5. The van der Waals surface area contributed by atoms with Crippen LogP contribution in [-0.4, -0.2) is 12.8 Å². The van der Waals surface area contributed by atoms with Gasteiger partial charge in [-0.25, -0.2) is 0 Å². The maximum absolute atomic E-state index is 5.46. The van der Waals surface area contributed by atoms with E-state index in [0.717, 1.165) is 18.0 Å². The summed E-state index contributed by atoms with van der Waals surface area (Å²) < 4.78 is 10.8. The van der Waals surface area contributed by atoms with Gasteiger partial charge in [0.2, 0.25) is 6.79 Å². The summed E-state index contributed by atoms with van der Waals surface area (Å²) >= 11 is 0. The molecule has 1 N–H and O–H groups in total. The smallest absolute Gasteiger partial charge is 0.231 e. The highest BCUT2D eigenvalue weighted by atomic mass is 16.7. The van der Waals surface area contributed by atoms with Crippen molar-refractivity contribution in [3.63, 3.8) is 0 Å². The van der Waals surface area contributed by atoms with E-state index >= 15 is 0 Å². The third-order valence-electron chi connectivity index (χ3n) is 4.14. The molecule has 2 atom stereocenters. The standard InChI is InChI=1S/C18H21NO2/c1-13(14(2)19-11-15-6-4-3-5-7-15)16-8-9-17-18(10-16)21-12-20-17/h3-10,13-14,19H,11-12H2,1-2H3. The molecule has 1 aliphatic heterocycles. The first-order valence-electron chi connectivity index (χ1n) is 7.41. The van der Waals surface area contributed by atoms with Crippen LogP contribution in [0.5, 0.6) is 11.5 Å². The summed E-state index contributed by atoms with van der Waals surface area (Å²) in [5.74, 6) is 2.11. The number of benzene rings is 2. The minimum Gasteiger partial charge on any atom is -0.454 e. The minimum absolute atomic E-state index is 0.328. The lowest BCUT2D eigenvalue weighted by Gasteiger charge is -2.22. The van der Waals surface area contributed by atoms with Gasteiger partial charge in [0.15, 0.2) is 11.5 Å². The van der Waals surface area contributed by atoms with Gasteiger partial charge in [-0.2, -0.15) is 0 Å². The van der Waals surface area contributed by atoms with Crippen molar-refractivity contribution in [2.75, 3.05) is 6.79 Å². The van der Waals surface area contributed by atoms with Gasteiger partial charge >= 0.3 is 0 Å². The summed E-state index contributed by atoms with van der Waals surface area (Å²) in [6.45, 7) is 5.67. The van der Waals surface area contributed by atoms with Gasteiger partial charge < -0.3 is 14.8 Å². The number of fused-ring (bicyclic) bond motifs is 1. The van der Waals surface area contributed by atoms with E-state index in [9.17, 15) is 0 Å². The lowest BCUT2D eigenvalue weighted by molar-refractivity contribution is 0.174. The van der Waals surface area contributed by atoms with Gasteiger partial charge in [0, 0.05) is 12.6 Å². The van der Waals surface area contributed by atoms with Crippen molar-refractivity contribution >= 4 is 0 Å². The Morgan fingerprint density at radius 1 is 1.00 bits per heavy atom. The summed E-state index contributed by atoms with van der Waals surface area (Å²) in [4.78, 5) is 0. The Balaban J connectivity index is 1.63. The fourth-order valence-corrected chi connectivity index (χ4v) is 2.54. The molecule has 21 heavy (non-hydrogen) atoms. The van der Waals surface area contributed by atoms with E-state index in [1.54, 1.807) is 0 Å². The molecule has 3 heteroatoms. The van der Waals surface area contributed by atoms with Crippen LogP contribution in [0.4, 0.5) is 0 Å². The molecule has 0 saturated heterocycles. The Morgan fingerprint density at radius 3 is 2.57 bits per heavy atom. The average Bonchev–Trinajstić information content (AvgIpc) is 3.00. The Kier molecular flexibility index (Phi) is 4.11.